The first-order valence-electron chi connectivity index (χ1n) is 25.1. The molecule has 0 aromatic rings. The van der Waals surface area contributed by atoms with Crippen LogP contribution in [0.25, 0.3) is 0 Å². The first-order chi connectivity index (χ1) is 29.0. The minimum Gasteiger partial charge on any atom is -0.462 e. The van der Waals surface area contributed by atoms with Crippen molar-refractivity contribution < 1.29 is 28.6 Å². The fourth-order valence-electron chi connectivity index (χ4n) is 6.97. The van der Waals surface area contributed by atoms with Gasteiger partial charge in [0.15, 0.2) is 6.10 Å². The number of rotatable bonds is 45. The minimum absolute atomic E-state index is 0.0795. The highest BCUT2D eigenvalue weighted by Gasteiger charge is 2.19. The Morgan fingerprint density at radius 3 is 1.00 bits per heavy atom. The van der Waals surface area contributed by atoms with E-state index in [1.54, 1.807) is 0 Å². The van der Waals surface area contributed by atoms with Crippen LogP contribution in [-0.2, 0) is 28.6 Å². The maximum absolute atomic E-state index is 12.7. The third-order valence-electron chi connectivity index (χ3n) is 10.8. The fourth-order valence-corrected chi connectivity index (χ4v) is 6.97. The number of ether oxygens (including phenoxy) is 3. The van der Waals surface area contributed by atoms with Gasteiger partial charge in [-0.1, -0.05) is 198 Å². The molecule has 0 bridgehead atoms. The summed E-state index contributed by atoms with van der Waals surface area (Å²) in [7, 11) is 0. The molecule has 1 atom stereocenters. The summed E-state index contributed by atoms with van der Waals surface area (Å²) in [4.78, 5) is 37.8. The Balaban J connectivity index is 4.32. The van der Waals surface area contributed by atoms with Gasteiger partial charge in [-0.15, -0.1) is 0 Å². The van der Waals surface area contributed by atoms with Gasteiger partial charge < -0.3 is 14.2 Å². The lowest BCUT2D eigenvalue weighted by atomic mass is 10.1. The molecule has 0 heterocycles. The number of allylic oxidation sites excluding steroid dienone is 8. The molecule has 1 unspecified atom stereocenters. The van der Waals surface area contributed by atoms with Crippen molar-refractivity contribution in [1.29, 1.82) is 0 Å². The summed E-state index contributed by atoms with van der Waals surface area (Å²) < 4.78 is 16.7. The summed E-state index contributed by atoms with van der Waals surface area (Å²) in [6, 6.07) is 0. The van der Waals surface area contributed by atoms with Crippen molar-refractivity contribution in [1.82, 2.24) is 0 Å². The van der Waals surface area contributed by atoms with Crippen molar-refractivity contribution in [2.75, 3.05) is 13.2 Å². The van der Waals surface area contributed by atoms with E-state index in [0.29, 0.717) is 19.3 Å². The van der Waals surface area contributed by atoms with Crippen LogP contribution in [0.2, 0.25) is 0 Å². The van der Waals surface area contributed by atoms with Crippen LogP contribution in [0.5, 0.6) is 0 Å². The van der Waals surface area contributed by atoms with Gasteiger partial charge in [0.05, 0.1) is 0 Å². The fraction of sp³-hybridized carbons (Fsp3) is 0.792. The Morgan fingerprint density at radius 2 is 0.610 bits per heavy atom. The smallest absolute Gasteiger partial charge is 0.306 e. The minimum atomic E-state index is -0.778. The second-order valence-electron chi connectivity index (χ2n) is 16.7. The molecule has 342 valence electrons. The number of hydrogen-bond acceptors (Lipinski definition) is 6. The molecule has 0 aromatic heterocycles. The van der Waals surface area contributed by atoms with Gasteiger partial charge in [-0.2, -0.15) is 0 Å². The molecule has 0 spiro atoms. The predicted molar refractivity (Wildman–Crippen MR) is 252 cm³/mol. The van der Waals surface area contributed by atoms with Crippen LogP contribution < -0.4 is 0 Å². The average Bonchev–Trinajstić information content (AvgIpc) is 3.23. The standard InChI is InChI=1S/C53H94O6/c1-4-7-10-13-16-19-21-23-25-26-27-28-29-31-32-34-37-40-43-46-52(55)58-49-50(48-57-51(54)45-42-39-36-18-15-12-9-6-3)59-53(56)47-44-41-38-35-33-30-24-22-20-17-14-11-8-5-2/h16,19,22-25,27-28,50H,4-15,17-18,20-21,26,29-49H2,1-3H3/b19-16-,24-22-,25-23-,28-27-. The Bertz CT molecular complexity index is 1040. The molecule has 0 rings (SSSR count). The molecule has 59 heavy (non-hydrogen) atoms. The molecule has 0 aliphatic carbocycles. The topological polar surface area (TPSA) is 78.9 Å². The maximum Gasteiger partial charge on any atom is 0.306 e. The van der Waals surface area contributed by atoms with E-state index in [-0.39, 0.29) is 31.1 Å². The largest absolute Gasteiger partial charge is 0.462 e. The summed E-state index contributed by atoms with van der Waals surface area (Å²) >= 11 is 0. The Morgan fingerprint density at radius 1 is 0.339 bits per heavy atom. The highest BCUT2D eigenvalue weighted by Crippen LogP contribution is 2.14. The van der Waals surface area contributed by atoms with Crippen molar-refractivity contribution >= 4 is 17.9 Å². The number of unbranched alkanes of at least 4 members (excludes halogenated alkanes) is 26. The van der Waals surface area contributed by atoms with Crippen LogP contribution in [0.4, 0.5) is 0 Å². The highest BCUT2D eigenvalue weighted by atomic mass is 16.6. The van der Waals surface area contributed by atoms with Gasteiger partial charge in [-0.25, -0.2) is 0 Å². The summed E-state index contributed by atoms with van der Waals surface area (Å²) in [6.45, 7) is 6.56. The van der Waals surface area contributed by atoms with Gasteiger partial charge in [0, 0.05) is 19.3 Å². The van der Waals surface area contributed by atoms with E-state index in [1.165, 1.54) is 122 Å². The van der Waals surface area contributed by atoms with Gasteiger partial charge in [0.25, 0.3) is 0 Å². The lowest BCUT2D eigenvalue weighted by Crippen LogP contribution is -2.30. The van der Waals surface area contributed by atoms with Gasteiger partial charge in [0.2, 0.25) is 0 Å². The molecule has 0 aliphatic rings. The van der Waals surface area contributed by atoms with E-state index in [4.69, 9.17) is 14.2 Å². The van der Waals surface area contributed by atoms with Crippen molar-refractivity contribution in [3.05, 3.63) is 48.6 Å². The van der Waals surface area contributed by atoms with Gasteiger partial charge in [-0.3, -0.25) is 14.4 Å². The van der Waals surface area contributed by atoms with E-state index in [1.807, 2.05) is 0 Å². The molecule has 6 nitrogen and oxygen atoms in total. The molecular formula is C53H94O6. The molecule has 0 saturated carbocycles. The first-order valence-corrected chi connectivity index (χ1v) is 25.1. The van der Waals surface area contributed by atoms with E-state index < -0.39 is 6.10 Å². The third-order valence-corrected chi connectivity index (χ3v) is 10.8. The zero-order valence-corrected chi connectivity index (χ0v) is 39.0. The van der Waals surface area contributed by atoms with Crippen LogP contribution in [0.15, 0.2) is 48.6 Å². The molecular weight excluding hydrogens is 733 g/mol. The van der Waals surface area contributed by atoms with Gasteiger partial charge in [0.1, 0.15) is 13.2 Å². The molecule has 0 saturated heterocycles. The first kappa shape index (κ1) is 56.4. The van der Waals surface area contributed by atoms with Gasteiger partial charge >= 0.3 is 17.9 Å². The SMILES string of the molecule is CCCCC/C=C\C/C=C\C/C=C\CCCCCCCCC(=O)OCC(COC(=O)CCCCCCCCCC)OC(=O)CCCCCCC/C=C\CCCCCCC. The summed E-state index contributed by atoms with van der Waals surface area (Å²) in [5, 5.41) is 0. The number of carbonyl (C=O) groups is 3. The predicted octanol–water partition coefficient (Wildman–Crippen LogP) is 16.3. The third kappa shape index (κ3) is 46.3. The van der Waals surface area contributed by atoms with Crippen LogP contribution in [0, 0.1) is 0 Å². The van der Waals surface area contributed by atoms with E-state index in [0.717, 1.165) is 89.9 Å². The molecule has 0 amide bonds. The van der Waals surface area contributed by atoms with Crippen LogP contribution in [0.1, 0.15) is 252 Å². The highest BCUT2D eigenvalue weighted by molar-refractivity contribution is 5.71. The van der Waals surface area contributed by atoms with Crippen molar-refractivity contribution in [2.24, 2.45) is 0 Å². The van der Waals surface area contributed by atoms with Crippen molar-refractivity contribution in [3.63, 3.8) is 0 Å². The number of hydrogen-bond donors (Lipinski definition) is 0. The second-order valence-corrected chi connectivity index (χ2v) is 16.7. The molecule has 6 heteroatoms. The van der Waals surface area contributed by atoms with Crippen molar-refractivity contribution in [2.45, 2.75) is 258 Å². The summed E-state index contributed by atoms with van der Waals surface area (Å²) in [5.41, 5.74) is 0. The Hall–Kier alpha value is -2.63. The summed E-state index contributed by atoms with van der Waals surface area (Å²) in [6.07, 6.45) is 56.7. The maximum atomic E-state index is 12.7. The van der Waals surface area contributed by atoms with E-state index >= 15 is 0 Å². The zero-order chi connectivity index (χ0) is 43.0. The molecule has 0 N–H and O–H groups in total. The van der Waals surface area contributed by atoms with E-state index in [2.05, 4.69) is 69.4 Å². The van der Waals surface area contributed by atoms with E-state index in [9.17, 15) is 14.4 Å². The Kier molecular flexibility index (Phi) is 45.9. The number of carbonyl (C=O) groups excluding carboxylic acids is 3. The summed E-state index contributed by atoms with van der Waals surface area (Å²) in [5.74, 6) is -0.901. The lowest BCUT2D eigenvalue weighted by molar-refractivity contribution is -0.167. The van der Waals surface area contributed by atoms with Crippen LogP contribution in [-0.4, -0.2) is 37.2 Å². The zero-order valence-electron chi connectivity index (χ0n) is 39.0. The Labute approximate surface area is 365 Å². The van der Waals surface area contributed by atoms with Crippen molar-refractivity contribution in [3.8, 4) is 0 Å². The quantitative estimate of drug-likeness (QED) is 0.0263. The second kappa shape index (κ2) is 48.0. The van der Waals surface area contributed by atoms with Gasteiger partial charge in [-0.05, 0) is 83.5 Å². The molecule has 0 fully saturated rings. The molecule has 0 radical (unpaired) electrons. The number of esters is 3. The molecule has 0 aliphatic heterocycles. The normalized spacial score (nSPS) is 12.4. The monoisotopic (exact) mass is 827 g/mol. The average molecular weight is 827 g/mol. The molecule has 0 aromatic carbocycles. The lowest BCUT2D eigenvalue weighted by Gasteiger charge is -2.18. The van der Waals surface area contributed by atoms with Crippen LogP contribution in [0.3, 0.4) is 0 Å². The van der Waals surface area contributed by atoms with Crippen LogP contribution >= 0.6 is 0 Å².